The number of ether oxygens (including phenoxy) is 6. The average Bonchev–Trinajstić information content (AvgIpc) is 3.23. The van der Waals surface area contributed by atoms with E-state index < -0.39 is 83.4 Å². The molecule has 1 saturated carbocycles. The monoisotopic (exact) mass is 858 g/mol. The molecule has 0 radical (unpaired) electrons. The second-order valence-corrected chi connectivity index (χ2v) is 18.2. The van der Waals surface area contributed by atoms with E-state index in [0.717, 1.165) is 23.3 Å². The van der Waals surface area contributed by atoms with E-state index >= 15 is 4.79 Å². The van der Waals surface area contributed by atoms with E-state index in [1.54, 1.807) is 20.8 Å². The Bertz CT molecular complexity index is 1670. The third-order valence-corrected chi connectivity index (χ3v) is 13.6. The predicted molar refractivity (Wildman–Crippen MR) is 224 cm³/mol. The quantitative estimate of drug-likeness (QED) is 0.192. The van der Waals surface area contributed by atoms with Crippen molar-refractivity contribution in [2.24, 2.45) is 34.6 Å². The summed E-state index contributed by atoms with van der Waals surface area (Å²) in [6.45, 7) is 11.1. The molecule has 0 aromatic carbocycles. The number of Topliss-reactive ketones (excluding diaryl/α,β-unsaturated/α-hetero) is 2. The van der Waals surface area contributed by atoms with Gasteiger partial charge in [0.25, 0.3) is 11.7 Å². The molecule has 5 rings (SSSR count). The fourth-order valence-corrected chi connectivity index (χ4v) is 10.0. The first-order valence-corrected chi connectivity index (χ1v) is 22.4. The van der Waals surface area contributed by atoms with Gasteiger partial charge in [0.1, 0.15) is 24.6 Å². The number of ketones is 2. The number of hydrogen-bond acceptors (Lipinski definition) is 14. The number of methoxy groups -OCH3 is 2. The molecule has 11 atom stereocenters. The standard InChI is InChI=1S/C46H70N2O13/c1-9-58-39(51)26-59-34-14-12-32(13-15-34)23-29(4)40-31(6)35(49)25-36(50)33-16-18-47-45(44(54)60-40)17-10-11-19-48(45)43(53)42(52)46(55)30(5)24-38(57-8)41(61-46)37(56-7)22-28(3)20-27(2)21-33/h18,21,23,28,30-35,37-38,40-41,49,55H,9-17,19-20,22,24-26H2,1-8H3/b27-21+,29-23+,47-18-/t28-,30+,31+,32?,33+,34?,35-,37-,38-,40+,41+,45-,46+/m0/s1. The van der Waals surface area contributed by atoms with Crippen molar-refractivity contribution in [2.75, 3.05) is 34.0 Å². The maximum Gasteiger partial charge on any atom is 0.355 e. The molecule has 4 bridgehead atoms. The summed E-state index contributed by atoms with van der Waals surface area (Å²) < 4.78 is 35.2. The normalized spacial score (nSPS) is 40.2. The number of esters is 2. The van der Waals surface area contributed by atoms with Crippen LogP contribution in [-0.4, -0.2) is 133 Å². The summed E-state index contributed by atoms with van der Waals surface area (Å²) >= 11 is 0. The van der Waals surface area contributed by atoms with Crippen molar-refractivity contribution in [2.45, 2.75) is 167 Å². The van der Waals surface area contributed by atoms with Gasteiger partial charge < -0.3 is 43.5 Å². The third kappa shape index (κ3) is 11.3. The SMILES string of the molecule is CCOC(=O)COC1CCC(/C=C(\C)[C@H]2OC(=O)[C@]34CCCCN3C(=O)C(=O)[C@]3(O)O[C@H]([C@@H](OC)C[C@@H](C)C/C(C)=C/[C@@H](C/C=N\4)C(=O)C[C@H](O)[C@H]2C)[C@@H](OC)C[C@H]3C)CC1. The zero-order chi connectivity index (χ0) is 44.6. The van der Waals surface area contributed by atoms with Crippen LogP contribution in [0, 0.1) is 29.6 Å². The van der Waals surface area contributed by atoms with Gasteiger partial charge in [-0.25, -0.2) is 9.59 Å². The highest BCUT2D eigenvalue weighted by molar-refractivity contribution is 6.39. The number of piperidine rings is 1. The van der Waals surface area contributed by atoms with Gasteiger partial charge >= 0.3 is 11.9 Å². The van der Waals surface area contributed by atoms with Crippen LogP contribution < -0.4 is 0 Å². The lowest BCUT2D eigenvalue weighted by Crippen LogP contribution is -2.67. The van der Waals surface area contributed by atoms with Crippen LogP contribution in [0.1, 0.15) is 119 Å². The summed E-state index contributed by atoms with van der Waals surface area (Å²) in [6, 6.07) is 0. The number of allylic oxidation sites excluding steroid dienone is 3. The molecule has 342 valence electrons. The van der Waals surface area contributed by atoms with Gasteiger partial charge in [0.05, 0.1) is 31.0 Å². The molecule has 0 aromatic rings. The lowest BCUT2D eigenvalue weighted by atomic mass is 9.82. The van der Waals surface area contributed by atoms with E-state index in [4.69, 9.17) is 33.4 Å². The van der Waals surface area contributed by atoms with Crippen molar-refractivity contribution in [3.8, 4) is 0 Å². The van der Waals surface area contributed by atoms with Crippen LogP contribution in [0.25, 0.3) is 0 Å². The largest absolute Gasteiger partial charge is 0.464 e. The van der Waals surface area contributed by atoms with Gasteiger partial charge in [-0.15, -0.1) is 0 Å². The van der Waals surface area contributed by atoms with E-state index in [2.05, 4.69) is 0 Å². The molecule has 15 heteroatoms. The molecular formula is C46H70N2O13. The molecule has 2 N–H and O–H groups in total. The number of rotatable bonds is 8. The Kier molecular flexibility index (Phi) is 17.0. The molecule has 1 spiro atoms. The molecule has 15 nitrogen and oxygen atoms in total. The van der Waals surface area contributed by atoms with Gasteiger partial charge in [0, 0.05) is 57.6 Å². The smallest absolute Gasteiger partial charge is 0.355 e. The van der Waals surface area contributed by atoms with Crippen molar-refractivity contribution in [3.63, 3.8) is 0 Å². The number of hydrogen-bond donors (Lipinski definition) is 2. The van der Waals surface area contributed by atoms with E-state index in [1.165, 1.54) is 20.4 Å². The zero-order valence-corrected chi connectivity index (χ0v) is 37.5. The van der Waals surface area contributed by atoms with Crippen LogP contribution in [0.5, 0.6) is 0 Å². The molecule has 2 saturated heterocycles. The summed E-state index contributed by atoms with van der Waals surface area (Å²) in [7, 11) is 3.05. The molecule has 0 aromatic heterocycles. The summed E-state index contributed by atoms with van der Waals surface area (Å²) in [4.78, 5) is 76.2. The number of amides is 1. The topological polar surface area (TPSA) is 197 Å². The number of fused-ring (bicyclic) bond motifs is 4. The Hall–Kier alpha value is -3.34. The van der Waals surface area contributed by atoms with Crippen molar-refractivity contribution < 1.29 is 62.6 Å². The number of aliphatic hydroxyl groups excluding tert-OH is 1. The first-order chi connectivity index (χ1) is 29.0. The molecular weight excluding hydrogens is 789 g/mol. The van der Waals surface area contributed by atoms with Crippen molar-refractivity contribution in [1.82, 2.24) is 4.90 Å². The van der Waals surface area contributed by atoms with E-state index in [9.17, 15) is 29.4 Å². The number of aliphatic hydroxyl groups is 2. The summed E-state index contributed by atoms with van der Waals surface area (Å²) in [5.41, 5.74) is -0.426. The predicted octanol–water partition coefficient (Wildman–Crippen LogP) is 4.83. The second kappa shape index (κ2) is 21.4. The first-order valence-electron chi connectivity index (χ1n) is 22.4. The Labute approximate surface area is 360 Å². The fraction of sp³-hybridized carbons (Fsp3) is 0.783. The fourth-order valence-electron chi connectivity index (χ4n) is 10.0. The van der Waals surface area contributed by atoms with Gasteiger partial charge in [0.15, 0.2) is 0 Å². The zero-order valence-electron chi connectivity index (χ0n) is 37.5. The number of carbonyl (C=O) groups is 5. The lowest BCUT2D eigenvalue weighted by molar-refractivity contribution is -0.302. The van der Waals surface area contributed by atoms with E-state index in [-0.39, 0.29) is 69.2 Å². The second-order valence-electron chi connectivity index (χ2n) is 18.2. The van der Waals surface area contributed by atoms with Crippen LogP contribution in [0.15, 0.2) is 28.3 Å². The lowest BCUT2D eigenvalue weighted by Gasteiger charge is -2.48. The highest BCUT2D eigenvalue weighted by Gasteiger charge is 2.59. The van der Waals surface area contributed by atoms with E-state index in [0.29, 0.717) is 44.1 Å². The van der Waals surface area contributed by atoms with Gasteiger partial charge in [0.2, 0.25) is 11.4 Å². The van der Waals surface area contributed by atoms with Crippen molar-refractivity contribution in [3.05, 3.63) is 23.3 Å². The molecule has 1 amide bonds. The Balaban J connectivity index is 1.56. The highest BCUT2D eigenvalue weighted by Crippen LogP contribution is 2.41. The summed E-state index contributed by atoms with van der Waals surface area (Å²) in [6.07, 6.45) is 5.91. The number of aliphatic imine (C=N–C) groups is 1. The summed E-state index contributed by atoms with van der Waals surface area (Å²) in [5, 5.41) is 23.9. The molecule has 3 fully saturated rings. The van der Waals surface area contributed by atoms with Crippen LogP contribution >= 0.6 is 0 Å². The molecule has 4 aliphatic heterocycles. The van der Waals surface area contributed by atoms with Crippen LogP contribution in [0.4, 0.5) is 0 Å². The van der Waals surface area contributed by atoms with E-state index in [1.807, 2.05) is 32.9 Å². The first kappa shape index (κ1) is 48.7. The Morgan fingerprint density at radius 3 is 2.38 bits per heavy atom. The molecule has 0 unspecified atom stereocenters. The number of cyclic esters (lactones) is 1. The maximum atomic E-state index is 15.0. The summed E-state index contributed by atoms with van der Waals surface area (Å²) in [5.74, 6) is -8.68. The molecule has 5 aliphatic rings. The van der Waals surface area contributed by atoms with Gasteiger partial charge in [-0.3, -0.25) is 19.4 Å². The van der Waals surface area contributed by atoms with Crippen molar-refractivity contribution in [1.29, 1.82) is 0 Å². The molecule has 4 heterocycles. The number of nitrogens with zero attached hydrogens (tertiary/aromatic N) is 2. The van der Waals surface area contributed by atoms with Crippen LogP contribution in [-0.2, 0) is 52.4 Å². The minimum absolute atomic E-state index is 0.00175. The maximum absolute atomic E-state index is 15.0. The average molecular weight is 859 g/mol. The number of carbonyl (C=O) groups excluding carboxylic acids is 5. The van der Waals surface area contributed by atoms with Gasteiger partial charge in [-0.2, -0.15) is 0 Å². The Morgan fingerprint density at radius 1 is 1.02 bits per heavy atom. The molecule has 61 heavy (non-hydrogen) atoms. The minimum Gasteiger partial charge on any atom is -0.464 e. The minimum atomic E-state index is -2.57. The van der Waals surface area contributed by atoms with Gasteiger partial charge in [-0.05, 0) is 102 Å². The van der Waals surface area contributed by atoms with Gasteiger partial charge in [-0.1, -0.05) is 38.5 Å². The Morgan fingerprint density at radius 2 is 1.70 bits per heavy atom. The third-order valence-electron chi connectivity index (χ3n) is 13.6. The highest BCUT2D eigenvalue weighted by atomic mass is 16.7. The van der Waals surface area contributed by atoms with Crippen LogP contribution in [0.3, 0.4) is 0 Å². The van der Waals surface area contributed by atoms with Crippen molar-refractivity contribution >= 4 is 35.6 Å². The molecule has 1 aliphatic carbocycles. The van der Waals surface area contributed by atoms with Crippen LogP contribution in [0.2, 0.25) is 0 Å².